The van der Waals surface area contributed by atoms with Gasteiger partial charge in [-0.25, -0.2) is 19.9 Å². The van der Waals surface area contributed by atoms with Gasteiger partial charge in [0.25, 0.3) is 0 Å². The van der Waals surface area contributed by atoms with Gasteiger partial charge in [-0.15, -0.1) is 0 Å². The Bertz CT molecular complexity index is 4260. The molecule has 1 unspecified atom stereocenters. The summed E-state index contributed by atoms with van der Waals surface area (Å²) in [5.41, 5.74) is 0.626. The van der Waals surface area contributed by atoms with Gasteiger partial charge in [-0.3, -0.25) is 19.0 Å². The number of nitrogens with zero attached hydrogens (tertiary/aromatic N) is 14. The predicted octanol–water partition coefficient (Wildman–Crippen LogP) is 11.3. The largest absolute Gasteiger partial charge is 0.416 e. The van der Waals surface area contributed by atoms with E-state index in [-0.39, 0.29) is 34.5 Å². The summed E-state index contributed by atoms with van der Waals surface area (Å²) in [4.78, 5) is 59.5. The minimum absolute atomic E-state index is 0.113. The highest BCUT2D eigenvalue weighted by Crippen LogP contribution is 2.39. The van der Waals surface area contributed by atoms with Crippen LogP contribution in [0.15, 0.2) is 107 Å². The molecule has 1 fully saturated rings. The number of benzene rings is 2. The monoisotopic (exact) mass is 1200 g/mol. The van der Waals surface area contributed by atoms with E-state index in [1.165, 1.54) is 35.3 Å². The summed E-state index contributed by atoms with van der Waals surface area (Å²) in [5, 5.41) is 30.6. The average molecular weight is 1200 g/mol. The molecule has 0 aliphatic carbocycles. The zero-order chi connectivity index (χ0) is 62.4. The molecule has 0 bridgehead atoms. The molecule has 1 aliphatic heterocycles. The number of fused-ring (bicyclic) bond motifs is 2. The number of pyridine rings is 2. The number of halogens is 6. The second-order valence-electron chi connectivity index (χ2n) is 23.2. The third-order valence-corrected chi connectivity index (χ3v) is 14.2. The second kappa shape index (κ2) is 23.1. The zero-order valence-electron chi connectivity index (χ0n) is 48.5. The number of H-pyrrole nitrogens is 2. The Morgan fingerprint density at radius 2 is 1.16 bits per heavy atom. The minimum atomic E-state index is -4.70. The van der Waals surface area contributed by atoms with Crippen LogP contribution in [0.25, 0.3) is 67.4 Å². The summed E-state index contributed by atoms with van der Waals surface area (Å²) >= 11 is 0. The first-order chi connectivity index (χ1) is 41.1. The Hall–Kier alpha value is -10.1. The summed E-state index contributed by atoms with van der Waals surface area (Å²) in [6.07, 6.45) is 5.48. The molecule has 450 valence electrons. The van der Waals surface area contributed by atoms with Gasteiger partial charge < -0.3 is 34.5 Å². The van der Waals surface area contributed by atoms with Gasteiger partial charge in [-0.2, -0.15) is 51.8 Å². The van der Waals surface area contributed by atoms with Crippen LogP contribution in [-0.4, -0.2) is 99.5 Å². The normalized spacial score (nSPS) is 14.2. The SMILES string of the molecule is C/C=C\N1CCC(n2cc(-c3nc4nccc(-c5ccc(CNC(=O)c6nc(C(C)(C)C)no6)c(C(F)(F)F)c5)c4[nH]3)cn2)C1.CC(C)(C)c1noc(C(=O)NCc2ccc(-c3ccnc4nc(-c5cnn(C(C)(C)C#N)c5)[nH]c34)cc2C(F)(F)F)n1. The van der Waals surface area contributed by atoms with E-state index in [4.69, 9.17) is 9.05 Å². The van der Waals surface area contributed by atoms with Crippen LogP contribution in [0.3, 0.4) is 0 Å². The number of carbonyl (C=O) groups excluding carboxylic acids is 2. The van der Waals surface area contributed by atoms with Gasteiger partial charge in [-0.1, -0.05) is 82.2 Å². The van der Waals surface area contributed by atoms with E-state index < -0.39 is 64.8 Å². The maximum Gasteiger partial charge on any atom is 0.416 e. The van der Waals surface area contributed by atoms with Crippen molar-refractivity contribution in [3.8, 4) is 51.1 Å². The Morgan fingerprint density at radius 3 is 1.61 bits per heavy atom. The van der Waals surface area contributed by atoms with E-state index in [0.717, 1.165) is 37.2 Å². The zero-order valence-corrected chi connectivity index (χ0v) is 48.5. The number of aromatic nitrogens is 14. The van der Waals surface area contributed by atoms with E-state index in [0.29, 0.717) is 67.9 Å². The Morgan fingerprint density at radius 1 is 0.678 bits per heavy atom. The fraction of sp³-hybridized carbons (Fsp3) is 0.339. The van der Waals surface area contributed by atoms with Crippen LogP contribution in [0.4, 0.5) is 26.3 Å². The first-order valence-corrected chi connectivity index (χ1v) is 27.3. The quantitative estimate of drug-likeness (QED) is 0.0781. The molecular formula is C59H58F6N18O4. The predicted molar refractivity (Wildman–Crippen MR) is 304 cm³/mol. The Kier molecular flexibility index (Phi) is 15.9. The molecule has 2 aromatic carbocycles. The lowest BCUT2D eigenvalue weighted by atomic mass is 9.96. The molecule has 22 nitrogen and oxygen atoms in total. The molecule has 10 aromatic rings. The highest BCUT2D eigenvalue weighted by atomic mass is 19.4. The lowest BCUT2D eigenvalue weighted by Crippen LogP contribution is -2.25. The molecule has 1 atom stereocenters. The van der Waals surface area contributed by atoms with Crippen molar-refractivity contribution in [1.29, 1.82) is 5.26 Å². The van der Waals surface area contributed by atoms with E-state index in [9.17, 15) is 41.2 Å². The Balaban J connectivity index is 0.000000193. The third kappa shape index (κ3) is 13.0. The lowest BCUT2D eigenvalue weighted by molar-refractivity contribution is -0.139. The van der Waals surface area contributed by atoms with Gasteiger partial charge in [0.2, 0.25) is 0 Å². The van der Waals surface area contributed by atoms with Crippen LogP contribution in [-0.2, 0) is 41.8 Å². The van der Waals surface area contributed by atoms with Crippen molar-refractivity contribution in [1.82, 2.24) is 85.3 Å². The molecule has 11 rings (SSSR count). The van der Waals surface area contributed by atoms with Gasteiger partial charge in [0.15, 0.2) is 22.9 Å². The summed E-state index contributed by atoms with van der Waals surface area (Å²) < 4.78 is 98.7. The summed E-state index contributed by atoms with van der Waals surface area (Å²) in [7, 11) is 0. The van der Waals surface area contributed by atoms with Crippen molar-refractivity contribution in [2.24, 2.45) is 0 Å². The number of nitrogens with one attached hydrogen (secondary N) is 4. The maximum absolute atomic E-state index is 14.3. The number of aromatic amines is 2. The smallest absolute Gasteiger partial charge is 0.375 e. The van der Waals surface area contributed by atoms with E-state index in [2.05, 4.69) is 88.2 Å². The van der Waals surface area contributed by atoms with Crippen LogP contribution < -0.4 is 10.6 Å². The van der Waals surface area contributed by atoms with Crippen LogP contribution in [0, 0.1) is 11.3 Å². The number of allylic oxidation sites excluding steroid dienone is 1. The van der Waals surface area contributed by atoms with E-state index in [1.807, 2.05) is 65.4 Å². The third-order valence-electron chi connectivity index (χ3n) is 14.2. The second-order valence-corrected chi connectivity index (χ2v) is 23.2. The summed E-state index contributed by atoms with van der Waals surface area (Å²) in [6.45, 7) is 17.5. The van der Waals surface area contributed by atoms with Crippen molar-refractivity contribution in [2.75, 3.05) is 13.1 Å². The van der Waals surface area contributed by atoms with Crippen molar-refractivity contribution in [3.63, 3.8) is 0 Å². The van der Waals surface area contributed by atoms with Crippen molar-refractivity contribution in [3.05, 3.63) is 144 Å². The van der Waals surface area contributed by atoms with Crippen LogP contribution in [0.2, 0.25) is 0 Å². The molecule has 8 aromatic heterocycles. The van der Waals surface area contributed by atoms with E-state index >= 15 is 0 Å². The fourth-order valence-corrected chi connectivity index (χ4v) is 9.44. The first kappa shape index (κ1) is 60.1. The molecule has 0 spiro atoms. The molecule has 28 heteroatoms. The number of alkyl halides is 6. The molecule has 9 heterocycles. The van der Waals surface area contributed by atoms with Gasteiger partial charge in [0.05, 0.1) is 57.8 Å². The summed E-state index contributed by atoms with van der Waals surface area (Å²) in [5.74, 6) is -0.651. The molecule has 0 radical (unpaired) electrons. The average Bonchev–Trinajstić information content (AvgIpc) is 4.28. The van der Waals surface area contributed by atoms with E-state index in [1.54, 1.807) is 50.6 Å². The molecule has 1 saturated heterocycles. The van der Waals surface area contributed by atoms with Crippen LogP contribution in [0.5, 0.6) is 0 Å². The maximum atomic E-state index is 14.3. The number of imidazole rings is 2. The summed E-state index contributed by atoms with van der Waals surface area (Å²) in [6, 6.07) is 13.5. The van der Waals surface area contributed by atoms with Gasteiger partial charge in [-0.05, 0) is 79.9 Å². The van der Waals surface area contributed by atoms with Crippen molar-refractivity contribution in [2.45, 2.75) is 117 Å². The lowest BCUT2D eigenvalue weighted by Gasteiger charge is -2.15. The molecule has 0 saturated carbocycles. The number of rotatable bonds is 13. The fourth-order valence-electron chi connectivity index (χ4n) is 9.44. The number of carbonyl (C=O) groups is 2. The number of hydrogen-bond donors (Lipinski definition) is 4. The molecule has 2 amide bonds. The highest BCUT2D eigenvalue weighted by molar-refractivity contribution is 5.93. The van der Waals surface area contributed by atoms with Gasteiger partial charge >= 0.3 is 35.9 Å². The number of amides is 2. The molecular weight excluding hydrogens is 1140 g/mol. The molecule has 1 aliphatic rings. The van der Waals surface area contributed by atoms with Crippen LogP contribution in [0.1, 0.15) is 130 Å². The number of nitriles is 1. The number of likely N-dealkylation sites (tertiary alicyclic amines) is 1. The van der Waals surface area contributed by atoms with Gasteiger partial charge in [0, 0.05) is 72.9 Å². The minimum Gasteiger partial charge on any atom is -0.375 e. The van der Waals surface area contributed by atoms with Crippen LogP contribution >= 0.6 is 0 Å². The molecule has 4 N–H and O–H groups in total. The highest BCUT2D eigenvalue weighted by Gasteiger charge is 2.36. The van der Waals surface area contributed by atoms with Crippen molar-refractivity contribution < 1.29 is 45.0 Å². The first-order valence-electron chi connectivity index (χ1n) is 27.3. The standard InChI is InChI=1S/C31H32F3N9O2.C28H26F3N9O2/c1-5-11-42-12-9-21(17-42)43-16-20(15-37-43)25-38-24-22(8-10-35-26(24)39-25)18-6-7-19(23(13-18)31(32,33)34)14-36-27(44)28-40-29(41-45-28)30(2,3)4;1-26(2,3)25-38-24(42-39-25)23(41)34-11-16-7-6-15(10-19(16)28(29,30)31)18-8-9-33-22-20(18)36-21(37-22)17-12-35-40(13-17)27(4,5)14-32/h5-8,10-11,13,15-16,21H,9,12,14,17H2,1-4H3,(H,36,44)(H,35,38,39);6-10,12-13H,11H2,1-5H3,(H,34,41)(H,33,36,37)/b11-5-;. The Labute approximate surface area is 492 Å². The number of hydrogen-bond acceptors (Lipinski definition) is 16. The van der Waals surface area contributed by atoms with Gasteiger partial charge in [0.1, 0.15) is 17.2 Å². The topological polar surface area (TPSA) is 282 Å². The van der Waals surface area contributed by atoms with Crippen molar-refractivity contribution >= 4 is 34.1 Å². The molecule has 87 heavy (non-hydrogen) atoms.